The zero-order valence-electron chi connectivity index (χ0n) is 21.1. The molecule has 14 heteroatoms. The topological polar surface area (TPSA) is 134 Å². The zero-order chi connectivity index (χ0) is 27.8. The number of halogens is 2. The molecule has 1 N–H and O–H groups in total. The average molecular weight is 551 g/mol. The number of imidazole rings is 1. The van der Waals surface area contributed by atoms with Crippen LogP contribution in [-0.2, 0) is 42.2 Å². The van der Waals surface area contributed by atoms with Crippen molar-refractivity contribution < 1.29 is 21.8 Å². The first-order valence-electron chi connectivity index (χ1n) is 12.0. The predicted octanol–water partition coefficient (Wildman–Crippen LogP) is 2.70. The summed E-state index contributed by atoms with van der Waals surface area (Å²) in [5.74, 6) is -3.50. The molecule has 1 aromatic carbocycles. The van der Waals surface area contributed by atoms with Crippen LogP contribution in [0.2, 0.25) is 0 Å². The average Bonchev–Trinajstić information content (AvgIpc) is 3.44. The highest BCUT2D eigenvalue weighted by Gasteiger charge is 2.25. The molecule has 4 rings (SSSR count). The van der Waals surface area contributed by atoms with Gasteiger partial charge in [0, 0.05) is 38.3 Å². The van der Waals surface area contributed by atoms with Gasteiger partial charge in [0.1, 0.15) is 5.82 Å². The molecule has 204 valence electrons. The Balaban J connectivity index is 1.85. The second-order valence-corrected chi connectivity index (χ2v) is 10.6. The van der Waals surface area contributed by atoms with Crippen LogP contribution in [0, 0.1) is 0 Å². The highest BCUT2D eigenvalue weighted by atomic mass is 32.2. The molecule has 0 atom stereocenters. The van der Waals surface area contributed by atoms with Gasteiger partial charge in [0.2, 0.25) is 0 Å². The third-order valence-corrected chi connectivity index (χ3v) is 6.82. The minimum atomic E-state index is -4.38. The Labute approximate surface area is 216 Å². The summed E-state index contributed by atoms with van der Waals surface area (Å²) in [4.78, 5) is 30.9. The Kier molecular flexibility index (Phi) is 7.39. The number of rotatable bonds is 10. The molecule has 3 heterocycles. The third kappa shape index (κ3) is 5.45. The van der Waals surface area contributed by atoms with Crippen LogP contribution in [0.15, 0.2) is 46.2 Å². The van der Waals surface area contributed by atoms with Gasteiger partial charge in [-0.1, -0.05) is 25.1 Å². The lowest BCUT2D eigenvalue weighted by atomic mass is 10.1. The molecule has 0 bridgehead atoms. The summed E-state index contributed by atoms with van der Waals surface area (Å²) in [6, 6.07) is 5.95. The van der Waals surface area contributed by atoms with Crippen LogP contribution in [-0.4, -0.2) is 47.2 Å². The van der Waals surface area contributed by atoms with Crippen molar-refractivity contribution >= 4 is 21.3 Å². The molecule has 4 aromatic rings. The normalized spacial score (nSPS) is 12.5. The van der Waals surface area contributed by atoms with E-state index in [-0.39, 0.29) is 48.7 Å². The van der Waals surface area contributed by atoms with E-state index in [2.05, 4.69) is 10.1 Å². The molecule has 0 aliphatic heterocycles. The van der Waals surface area contributed by atoms with Crippen LogP contribution in [0.1, 0.15) is 38.3 Å². The minimum Gasteiger partial charge on any atom is -0.317 e. The maximum atomic E-state index is 13.8. The second kappa shape index (κ2) is 10.3. The largest absolute Gasteiger partial charge is 0.332 e. The summed E-state index contributed by atoms with van der Waals surface area (Å²) in [6.45, 7) is 4.61. The maximum Gasteiger partial charge on any atom is 0.332 e. The smallest absolute Gasteiger partial charge is 0.317 e. The molecule has 0 saturated heterocycles. The Bertz CT molecular complexity index is 1710. The van der Waals surface area contributed by atoms with Crippen molar-refractivity contribution in [3.8, 4) is 11.4 Å². The lowest BCUT2D eigenvalue weighted by Gasteiger charge is -2.12. The molecule has 0 saturated carbocycles. The van der Waals surface area contributed by atoms with Gasteiger partial charge in [0.15, 0.2) is 11.2 Å². The van der Waals surface area contributed by atoms with Gasteiger partial charge < -0.3 is 4.57 Å². The fraction of sp³-hybridized carbons (Fsp3) is 0.417. The van der Waals surface area contributed by atoms with Gasteiger partial charge in [-0.25, -0.2) is 18.6 Å². The fourth-order valence-corrected chi connectivity index (χ4v) is 4.75. The molecule has 0 spiro atoms. The van der Waals surface area contributed by atoms with Crippen molar-refractivity contribution in [3.63, 3.8) is 0 Å². The summed E-state index contributed by atoms with van der Waals surface area (Å²) in [5.41, 5.74) is -0.160. The van der Waals surface area contributed by atoms with E-state index >= 15 is 0 Å². The molecule has 3 aromatic heterocycles. The minimum absolute atomic E-state index is 0.0316. The number of aromatic nitrogens is 6. The van der Waals surface area contributed by atoms with E-state index in [1.54, 1.807) is 19.2 Å². The van der Waals surface area contributed by atoms with Crippen molar-refractivity contribution in [2.45, 2.75) is 59.3 Å². The Morgan fingerprint density at radius 2 is 1.82 bits per heavy atom. The highest BCUT2D eigenvalue weighted by molar-refractivity contribution is 7.85. The van der Waals surface area contributed by atoms with Gasteiger partial charge in [-0.3, -0.25) is 23.2 Å². The monoisotopic (exact) mass is 550 g/mol. The molecular weight excluding hydrogens is 522 g/mol. The third-order valence-electron chi connectivity index (χ3n) is 6.12. The number of aryl methyl sites for hydroxylation is 2. The lowest BCUT2D eigenvalue weighted by molar-refractivity contribution is 0.0174. The van der Waals surface area contributed by atoms with Crippen LogP contribution < -0.4 is 11.2 Å². The lowest BCUT2D eigenvalue weighted by Crippen LogP contribution is -2.40. The van der Waals surface area contributed by atoms with Gasteiger partial charge in [-0.05, 0) is 25.0 Å². The predicted molar refractivity (Wildman–Crippen MR) is 137 cm³/mol. The van der Waals surface area contributed by atoms with E-state index in [4.69, 9.17) is 0 Å². The van der Waals surface area contributed by atoms with Crippen molar-refractivity contribution in [2.24, 2.45) is 0 Å². The molecule has 11 nitrogen and oxygen atoms in total. The van der Waals surface area contributed by atoms with E-state index in [0.29, 0.717) is 17.5 Å². The maximum absolute atomic E-state index is 13.8. The SMILES string of the molecule is CCCn1c(=O)c2c(nc(-c3cnn(Cc4cccc(C(C)(F)F)c4)c3)n2CCS(=O)(=O)O)n(CC)c1=O. The number of fused-ring (bicyclic) bond motifs is 1. The van der Waals surface area contributed by atoms with E-state index in [1.807, 2.05) is 6.92 Å². The number of benzene rings is 1. The van der Waals surface area contributed by atoms with E-state index in [0.717, 1.165) is 11.5 Å². The molecule has 0 fully saturated rings. The molecule has 0 aliphatic carbocycles. The van der Waals surface area contributed by atoms with Crippen molar-refractivity contribution in [3.05, 3.63) is 68.6 Å². The van der Waals surface area contributed by atoms with Gasteiger partial charge in [-0.15, -0.1) is 0 Å². The van der Waals surface area contributed by atoms with Gasteiger partial charge >= 0.3 is 5.69 Å². The van der Waals surface area contributed by atoms with Crippen molar-refractivity contribution in [1.29, 1.82) is 0 Å². The van der Waals surface area contributed by atoms with Crippen molar-refractivity contribution in [1.82, 2.24) is 28.5 Å². The Hall–Kier alpha value is -3.65. The van der Waals surface area contributed by atoms with Gasteiger partial charge in [0.25, 0.3) is 21.6 Å². The summed E-state index contributed by atoms with van der Waals surface area (Å²) in [5, 5.41) is 4.29. The van der Waals surface area contributed by atoms with Crippen LogP contribution in [0.3, 0.4) is 0 Å². The van der Waals surface area contributed by atoms with Gasteiger partial charge in [0.05, 0.1) is 24.1 Å². The number of hydrogen-bond acceptors (Lipinski definition) is 6. The van der Waals surface area contributed by atoms with E-state index < -0.39 is 33.0 Å². The van der Waals surface area contributed by atoms with Crippen LogP contribution in [0.25, 0.3) is 22.6 Å². The summed E-state index contributed by atoms with van der Waals surface area (Å²) >= 11 is 0. The Morgan fingerprint density at radius 3 is 2.45 bits per heavy atom. The number of alkyl halides is 2. The number of nitrogens with zero attached hydrogens (tertiary/aromatic N) is 6. The first kappa shape index (κ1) is 27.4. The fourth-order valence-electron chi connectivity index (χ4n) is 4.34. The standard InChI is InChI=1S/C24H28F2N6O5S/c1-4-9-32-22(33)19-21(30(5-2)23(32)34)28-20(31(19)10-11-38(35,36)37)17-13-27-29(15-17)14-16-7-6-8-18(12-16)24(3,25)26/h6-8,12-13,15H,4-5,9-11,14H2,1-3H3,(H,35,36,37). The second-order valence-electron chi connectivity index (χ2n) is 9.04. The Morgan fingerprint density at radius 1 is 1.08 bits per heavy atom. The van der Waals surface area contributed by atoms with Crippen LogP contribution in [0.4, 0.5) is 8.78 Å². The molecule has 0 radical (unpaired) electrons. The number of hydrogen-bond donors (Lipinski definition) is 1. The molecular formula is C24H28F2N6O5S. The molecule has 0 unspecified atom stereocenters. The molecule has 0 aliphatic rings. The highest BCUT2D eigenvalue weighted by Crippen LogP contribution is 2.28. The first-order valence-corrected chi connectivity index (χ1v) is 13.6. The first-order chi connectivity index (χ1) is 17.8. The van der Waals surface area contributed by atoms with Crippen LogP contribution >= 0.6 is 0 Å². The van der Waals surface area contributed by atoms with E-state index in [1.165, 1.54) is 38.2 Å². The molecule has 38 heavy (non-hydrogen) atoms. The summed E-state index contributed by atoms with van der Waals surface area (Å²) < 4.78 is 65.3. The van der Waals surface area contributed by atoms with E-state index in [9.17, 15) is 31.3 Å². The van der Waals surface area contributed by atoms with Gasteiger partial charge in [-0.2, -0.15) is 13.5 Å². The zero-order valence-corrected chi connectivity index (χ0v) is 22.0. The van der Waals surface area contributed by atoms with Crippen molar-refractivity contribution in [2.75, 3.05) is 5.75 Å². The quantitative estimate of drug-likeness (QED) is 0.300. The summed E-state index contributed by atoms with van der Waals surface area (Å²) in [7, 11) is -4.38. The summed E-state index contributed by atoms with van der Waals surface area (Å²) in [6.07, 6.45) is 3.55. The van der Waals surface area contributed by atoms with Crippen LogP contribution in [0.5, 0.6) is 0 Å². The molecule has 0 amide bonds.